The Kier molecular flexibility index (Phi) is 3.10. The molecule has 0 radical (unpaired) electrons. The van der Waals surface area contributed by atoms with Crippen molar-refractivity contribution in [3.63, 3.8) is 0 Å². The second kappa shape index (κ2) is 4.12. The highest BCUT2D eigenvalue weighted by Gasteiger charge is 2.13. The largest absolute Gasteiger partial charge is 0.636 e. The zero-order valence-corrected chi connectivity index (χ0v) is 6.56. The van der Waals surface area contributed by atoms with Gasteiger partial charge in [0.05, 0.1) is 0 Å². The Morgan fingerprint density at radius 3 is 2.64 bits per heavy atom. The molecule has 0 aromatic rings. The third kappa shape index (κ3) is 2.71. The molecule has 1 heterocycles. The molecule has 0 unspecified atom stereocenters. The Hall–Kier alpha value is -0.840. The Bertz CT molecular complexity index is 132. The molecule has 0 amide bonds. The van der Waals surface area contributed by atoms with E-state index in [4.69, 9.17) is 0 Å². The van der Waals surface area contributed by atoms with Crippen LogP contribution >= 0.6 is 0 Å². The minimum Gasteiger partial charge on any atom is -0.636 e. The van der Waals surface area contributed by atoms with E-state index in [-0.39, 0.29) is 0 Å². The summed E-state index contributed by atoms with van der Waals surface area (Å²) in [7, 11) is 0. The summed E-state index contributed by atoms with van der Waals surface area (Å²) in [5.41, 5.74) is 0. The Balaban J connectivity index is 2.22. The van der Waals surface area contributed by atoms with E-state index in [1.165, 1.54) is 0 Å². The number of rotatable bonds is 2. The highest BCUT2D eigenvalue weighted by molar-refractivity contribution is 4.64. The van der Waals surface area contributed by atoms with Crippen molar-refractivity contribution in [2.75, 3.05) is 13.1 Å². The monoisotopic (exact) mass is 158 g/mol. The van der Waals surface area contributed by atoms with Crippen molar-refractivity contribution in [3.05, 3.63) is 0 Å². The van der Waals surface area contributed by atoms with Gasteiger partial charge in [-0.3, -0.25) is 5.01 Å². The molecule has 0 aromatic carbocycles. The summed E-state index contributed by atoms with van der Waals surface area (Å²) in [6, 6.07) is 0. The Morgan fingerprint density at radius 1 is 1.45 bits per heavy atom. The lowest BCUT2D eigenvalue weighted by molar-refractivity contribution is -0.695. The minimum atomic E-state index is 0.759. The van der Waals surface area contributed by atoms with E-state index in [9.17, 15) is 5.26 Å². The molecule has 64 valence electrons. The smallest absolute Gasteiger partial charge is 0.0401 e. The zero-order chi connectivity index (χ0) is 8.10. The van der Waals surface area contributed by atoms with Crippen molar-refractivity contribution in [2.45, 2.75) is 19.8 Å². The van der Waals surface area contributed by atoms with Crippen LogP contribution in [0.3, 0.4) is 0 Å². The molecule has 0 atom stereocenters. The number of nitrogens with zero attached hydrogens (tertiary/aromatic N) is 3. The molecule has 11 heavy (non-hydrogen) atoms. The van der Waals surface area contributed by atoms with Crippen LogP contribution in [0.25, 0.3) is 0 Å². The standard InChI is InChI=1S/C6H13N3O2/c1-6-2-4-9(5-3-6)7-8-11-10/h6,10H,2-5H2,1H3/p-1/b8-7+. The van der Waals surface area contributed by atoms with E-state index >= 15 is 0 Å². The maximum Gasteiger partial charge on any atom is 0.0401 e. The van der Waals surface area contributed by atoms with Crippen molar-refractivity contribution < 1.29 is 10.2 Å². The number of piperidine rings is 1. The highest BCUT2D eigenvalue weighted by Crippen LogP contribution is 2.15. The highest BCUT2D eigenvalue weighted by atomic mass is 17.2. The van der Waals surface area contributed by atoms with Gasteiger partial charge in [0.1, 0.15) is 0 Å². The fraction of sp³-hybridized carbons (Fsp3) is 1.00. The molecule has 5 nitrogen and oxygen atoms in total. The maximum absolute atomic E-state index is 9.45. The summed E-state index contributed by atoms with van der Waals surface area (Å²) in [4.78, 5) is 3.24. The van der Waals surface area contributed by atoms with Crippen molar-refractivity contribution >= 4 is 0 Å². The van der Waals surface area contributed by atoms with E-state index in [1.807, 2.05) is 0 Å². The fourth-order valence-corrected chi connectivity index (χ4v) is 1.15. The molecule has 1 saturated heterocycles. The van der Waals surface area contributed by atoms with Crippen LogP contribution in [0, 0.1) is 5.92 Å². The molecule has 5 heteroatoms. The van der Waals surface area contributed by atoms with Gasteiger partial charge in [-0.15, -0.1) is 0 Å². The molecule has 0 aromatic heterocycles. The molecular weight excluding hydrogens is 146 g/mol. The molecular formula is C6H12N3O2-. The molecule has 1 aliphatic heterocycles. The maximum atomic E-state index is 9.45. The molecule has 0 saturated carbocycles. The quantitative estimate of drug-likeness (QED) is 0.330. The molecule has 1 fully saturated rings. The van der Waals surface area contributed by atoms with Crippen molar-refractivity contribution in [1.82, 2.24) is 5.01 Å². The van der Waals surface area contributed by atoms with E-state index in [2.05, 4.69) is 22.4 Å². The summed E-state index contributed by atoms with van der Waals surface area (Å²) in [6.07, 6.45) is 2.22. The van der Waals surface area contributed by atoms with Crippen LogP contribution in [0.1, 0.15) is 19.8 Å². The van der Waals surface area contributed by atoms with Crippen molar-refractivity contribution in [2.24, 2.45) is 16.4 Å². The summed E-state index contributed by atoms with van der Waals surface area (Å²) in [6.45, 7) is 3.95. The summed E-state index contributed by atoms with van der Waals surface area (Å²) in [5, 5.41) is 17.7. The average Bonchev–Trinajstić information content (AvgIpc) is 2.04. The van der Waals surface area contributed by atoms with Crippen LogP contribution in [0.4, 0.5) is 0 Å². The molecule has 1 rings (SSSR count). The van der Waals surface area contributed by atoms with Crippen LogP contribution in [0.15, 0.2) is 10.5 Å². The van der Waals surface area contributed by atoms with Crippen LogP contribution < -0.4 is 5.26 Å². The molecule has 0 spiro atoms. The fourth-order valence-electron chi connectivity index (χ4n) is 1.15. The van der Waals surface area contributed by atoms with Crippen molar-refractivity contribution in [1.29, 1.82) is 0 Å². The van der Waals surface area contributed by atoms with E-state index < -0.39 is 0 Å². The molecule has 0 aliphatic carbocycles. The first kappa shape index (κ1) is 8.26. The van der Waals surface area contributed by atoms with Gasteiger partial charge in [0.15, 0.2) is 0 Å². The molecule has 0 N–H and O–H groups in total. The van der Waals surface area contributed by atoms with Gasteiger partial charge in [-0.25, -0.2) is 0 Å². The first-order valence-electron chi connectivity index (χ1n) is 3.78. The van der Waals surface area contributed by atoms with Crippen molar-refractivity contribution in [3.8, 4) is 0 Å². The molecule has 0 bridgehead atoms. The first-order valence-corrected chi connectivity index (χ1v) is 3.78. The average molecular weight is 158 g/mol. The predicted octanol–water partition coefficient (Wildman–Crippen LogP) is 0.292. The van der Waals surface area contributed by atoms with E-state index in [1.54, 1.807) is 5.01 Å². The zero-order valence-electron chi connectivity index (χ0n) is 6.56. The predicted molar refractivity (Wildman–Crippen MR) is 35.9 cm³/mol. The van der Waals surface area contributed by atoms with Gasteiger partial charge < -0.3 is 10.2 Å². The minimum absolute atomic E-state index is 0.759. The number of hydrogen-bond donors (Lipinski definition) is 0. The van der Waals surface area contributed by atoms with Gasteiger partial charge in [0.2, 0.25) is 0 Å². The lowest BCUT2D eigenvalue weighted by Gasteiger charge is -2.26. The SMILES string of the molecule is CC1CCN(/N=N/O[O-])CC1. The summed E-state index contributed by atoms with van der Waals surface area (Å²) >= 11 is 0. The van der Waals surface area contributed by atoms with E-state index in [0.29, 0.717) is 0 Å². The van der Waals surface area contributed by atoms with Crippen LogP contribution in [-0.2, 0) is 4.99 Å². The van der Waals surface area contributed by atoms with Crippen LogP contribution in [-0.4, -0.2) is 18.1 Å². The van der Waals surface area contributed by atoms with E-state index in [0.717, 1.165) is 31.8 Å². The van der Waals surface area contributed by atoms with Crippen LogP contribution in [0.5, 0.6) is 0 Å². The summed E-state index contributed by atoms with van der Waals surface area (Å²) < 4.78 is 0. The Morgan fingerprint density at radius 2 is 2.09 bits per heavy atom. The van der Waals surface area contributed by atoms with Gasteiger partial charge in [0, 0.05) is 18.4 Å². The third-order valence-electron chi connectivity index (χ3n) is 1.96. The first-order chi connectivity index (χ1) is 5.33. The van der Waals surface area contributed by atoms with Gasteiger partial charge in [-0.05, 0) is 24.0 Å². The second-order valence-corrected chi connectivity index (χ2v) is 2.88. The molecule has 1 aliphatic rings. The van der Waals surface area contributed by atoms with Crippen LogP contribution in [0.2, 0.25) is 0 Å². The van der Waals surface area contributed by atoms with Gasteiger partial charge in [0.25, 0.3) is 0 Å². The van der Waals surface area contributed by atoms with Gasteiger partial charge in [-0.1, -0.05) is 6.92 Å². The van der Waals surface area contributed by atoms with Gasteiger partial charge >= 0.3 is 0 Å². The number of hydrogen-bond acceptors (Lipinski definition) is 4. The lowest BCUT2D eigenvalue weighted by Crippen LogP contribution is -2.28. The Labute approximate surface area is 65.5 Å². The third-order valence-corrected chi connectivity index (χ3v) is 1.96. The lowest BCUT2D eigenvalue weighted by atomic mass is 10.0. The normalized spacial score (nSPS) is 21.1. The summed E-state index contributed by atoms with van der Waals surface area (Å²) in [5.74, 6) is 0.759. The van der Waals surface area contributed by atoms with Gasteiger partial charge in [-0.2, -0.15) is 0 Å². The topological polar surface area (TPSA) is 60.2 Å². The second-order valence-electron chi connectivity index (χ2n) is 2.88.